The fraction of sp³-hybridized carbons (Fsp3) is 0.323. The molecule has 0 saturated carbocycles. The Balaban J connectivity index is 0.000000164. The summed E-state index contributed by atoms with van der Waals surface area (Å²) in [5.74, 6) is -2.04. The molecule has 12 heterocycles. The van der Waals surface area contributed by atoms with Crippen LogP contribution in [0.5, 0.6) is 5.75 Å². The first-order valence-corrected chi connectivity index (χ1v) is 46.5. The number of hydrogen-bond donors (Lipinski definition) is 1. The van der Waals surface area contributed by atoms with Gasteiger partial charge in [0.2, 0.25) is 17.7 Å². The summed E-state index contributed by atoms with van der Waals surface area (Å²) in [6, 6.07) is 22.9. The van der Waals surface area contributed by atoms with Crippen molar-refractivity contribution in [3.63, 3.8) is 0 Å². The van der Waals surface area contributed by atoms with Crippen molar-refractivity contribution in [2.75, 3.05) is 92.4 Å². The second kappa shape index (κ2) is 38.4. The summed E-state index contributed by atoms with van der Waals surface area (Å²) in [5.41, 5.74) is 5.06. The zero-order chi connectivity index (χ0) is 92.7. The largest absolute Gasteiger partial charge is 0.507 e. The molecule has 9 aromatic heterocycles. The molecule has 128 heavy (non-hydrogen) atoms. The normalized spacial score (nSPS) is 15.5. The highest BCUT2D eigenvalue weighted by atomic mass is 35.5. The molecule has 0 unspecified atom stereocenters. The van der Waals surface area contributed by atoms with Gasteiger partial charge in [-0.1, -0.05) is 103 Å². The van der Waals surface area contributed by atoms with Gasteiger partial charge in [0, 0.05) is 112 Å². The molecule has 0 radical (unpaired) electrons. The number of phenols is 1. The van der Waals surface area contributed by atoms with Gasteiger partial charge in [0.05, 0.1) is 93.3 Å². The summed E-state index contributed by atoms with van der Waals surface area (Å²) in [5, 5.41) is 12.7. The monoisotopic (exact) mass is 1830 g/mol. The second-order valence-corrected chi connectivity index (χ2v) is 36.9. The van der Waals surface area contributed by atoms with E-state index in [-0.39, 0.29) is 99.0 Å². The summed E-state index contributed by atoms with van der Waals surface area (Å²) < 4.78 is 76.2. The van der Waals surface area contributed by atoms with Crippen molar-refractivity contribution in [1.29, 1.82) is 0 Å². The van der Waals surface area contributed by atoms with Crippen molar-refractivity contribution in [1.82, 2.24) is 73.3 Å². The fourth-order valence-corrected chi connectivity index (χ4v) is 19.3. The Kier molecular flexibility index (Phi) is 28.0. The number of halogens is 5. The third kappa shape index (κ3) is 18.1. The highest BCUT2D eigenvalue weighted by molar-refractivity contribution is 7.99. The van der Waals surface area contributed by atoms with E-state index in [9.17, 15) is 42.3 Å². The van der Waals surface area contributed by atoms with E-state index in [0.717, 1.165) is 40.1 Å². The number of amides is 3. The molecular formula is C93H97Cl2F3N18O9S3. The lowest BCUT2D eigenvalue weighted by Gasteiger charge is -2.40. The van der Waals surface area contributed by atoms with Gasteiger partial charge in [-0.15, -0.1) is 23.5 Å². The van der Waals surface area contributed by atoms with Gasteiger partial charge in [-0.25, -0.2) is 64.6 Å². The number of carbonyl (C=O) groups is 3. The van der Waals surface area contributed by atoms with Gasteiger partial charge in [-0.05, 0) is 180 Å². The molecule has 3 amide bonds. The van der Waals surface area contributed by atoms with Crippen LogP contribution in [0.25, 0.3) is 83.9 Å². The number of benzene rings is 3. The number of thioether (sulfide) groups is 2. The second-order valence-electron chi connectivity index (χ2n) is 32.4. The van der Waals surface area contributed by atoms with Crippen LogP contribution in [0.3, 0.4) is 0 Å². The third-order valence-electron chi connectivity index (χ3n) is 22.8. The number of carbonyl (C=O) groups excluding carboxylic acids is 3. The molecular weight excluding hydrogens is 1740 g/mol. The Morgan fingerprint density at radius 3 is 1.14 bits per heavy atom. The Bertz CT molecular complexity index is 6560. The quantitative estimate of drug-likeness (QED) is 0.0616. The maximum atomic E-state index is 16.1. The lowest BCUT2D eigenvalue weighted by atomic mass is 10.0. The minimum Gasteiger partial charge on any atom is -0.507 e. The van der Waals surface area contributed by atoms with Gasteiger partial charge < -0.3 is 34.5 Å². The zero-order valence-corrected chi connectivity index (χ0v) is 77.4. The minimum atomic E-state index is -4.00. The van der Waals surface area contributed by atoms with Gasteiger partial charge in [0.25, 0.3) is 0 Å². The molecule has 0 spiro atoms. The average molecular weight is 1840 g/mol. The maximum Gasteiger partial charge on any atom is 0.355 e. The SMILES string of the molecule is C=CC(=O)N1CCN(c2nc(=O)n(-c3c(C)ccnc3C(C)C)c3nc(-c4c(F)cccc4S(C)(=O)=O)c(F)cc23)[C@@H](C)C1.C=CC(=O)N1CCN(c2nc(=O)n(-c3c(C)ccnc3C(C)C)c3nc(-c4c(F)cccc4SC)c(Cl)cc23)[C@@H](C)C1.C=CC(=O)N1CCN(c2nc(=O)n(-c3c(C)ccnc3C(C)C)c3nc(-c4c(O)cccc4SC)c(Cl)cc23)[C@@H](C)C1. The lowest BCUT2D eigenvalue weighted by Crippen LogP contribution is -2.54. The summed E-state index contributed by atoms with van der Waals surface area (Å²) >= 11 is 16.6. The molecule has 3 aliphatic rings. The predicted molar refractivity (Wildman–Crippen MR) is 501 cm³/mol. The summed E-state index contributed by atoms with van der Waals surface area (Å²) in [6.07, 6.45) is 13.6. The number of anilines is 3. The number of fused-ring (bicyclic) bond motifs is 3. The minimum absolute atomic E-state index is 0.00143. The van der Waals surface area contributed by atoms with Crippen molar-refractivity contribution in [3.8, 4) is 56.6 Å². The van der Waals surface area contributed by atoms with Crippen LogP contribution in [0.4, 0.5) is 30.6 Å². The van der Waals surface area contributed by atoms with E-state index in [4.69, 9.17) is 33.2 Å². The highest BCUT2D eigenvalue weighted by Gasteiger charge is 2.37. The van der Waals surface area contributed by atoms with E-state index in [1.54, 1.807) is 81.5 Å². The number of aromatic nitrogens is 12. The van der Waals surface area contributed by atoms with Gasteiger partial charge >= 0.3 is 17.1 Å². The van der Waals surface area contributed by atoms with Crippen LogP contribution in [0.1, 0.15) is 114 Å². The van der Waals surface area contributed by atoms with E-state index in [0.29, 0.717) is 141 Å². The van der Waals surface area contributed by atoms with E-state index in [2.05, 4.69) is 54.6 Å². The number of aromatic hydroxyl groups is 1. The lowest BCUT2D eigenvalue weighted by molar-refractivity contribution is -0.127. The van der Waals surface area contributed by atoms with E-state index in [1.165, 1.54) is 73.7 Å². The average Bonchev–Trinajstić information content (AvgIpc) is 0.740. The van der Waals surface area contributed by atoms with Gasteiger partial charge in [0.1, 0.15) is 40.5 Å². The van der Waals surface area contributed by atoms with Crippen molar-refractivity contribution in [2.45, 2.75) is 134 Å². The van der Waals surface area contributed by atoms with Gasteiger partial charge in [-0.2, -0.15) is 15.0 Å². The van der Waals surface area contributed by atoms with Crippen LogP contribution in [0.15, 0.2) is 177 Å². The first kappa shape index (κ1) is 93.5. The Labute approximate surface area is 757 Å². The van der Waals surface area contributed by atoms with Crippen LogP contribution in [-0.4, -0.2) is 200 Å². The number of nitrogens with zero attached hydrogens (tertiary/aromatic N) is 18. The summed E-state index contributed by atoms with van der Waals surface area (Å²) in [6.45, 7) is 37.6. The molecule has 3 aromatic carbocycles. The van der Waals surface area contributed by atoms with Crippen molar-refractivity contribution < 1.29 is 41.1 Å². The number of aryl methyl sites for hydroxylation is 3. The van der Waals surface area contributed by atoms with Gasteiger partial charge in [0.15, 0.2) is 32.6 Å². The molecule has 3 atom stereocenters. The Morgan fingerprint density at radius 2 is 0.797 bits per heavy atom. The first-order chi connectivity index (χ1) is 60.9. The van der Waals surface area contributed by atoms with Crippen molar-refractivity contribution in [3.05, 3.63) is 240 Å². The maximum absolute atomic E-state index is 16.1. The standard InChI is InChI=1S/C31H32ClFN6O2S.C31H33ClN6O3S.C31H32F2N6O4S/c1-7-24(40)37-13-14-38(19(5)16-37)29-20-15-21(32)27(25-22(33)9-8-10-23(25)42-6)35-30(20)39(31(41)36-29)28-18(4)11-12-34-26(28)17(2)3;1-7-24(40)36-13-14-37(19(5)16-36)29-20-15-21(32)27(25-22(39)9-8-10-23(25)42-6)34-30(20)38(31(41)35-29)28-18(4)11-12-33-26(28)17(2)3;1-7-24(40)37-13-14-38(19(5)16-37)29-20-15-22(33)27(25-21(32)9-8-10-23(25)44(6,42)43)35-30(20)39(31(41)36-29)28-18(4)11-12-34-26(28)17(2)3/h7-12,15,17,19H,1,13-14,16H2,2-6H3;7-12,15,17,19,39H,1,13-14,16H2,2-6H3;7-12,15,17,19H,1,13-14,16H2,2-6H3/t3*19-/m000/s1. The van der Waals surface area contributed by atoms with E-state index >= 15 is 13.2 Å². The Hall–Kier alpha value is -12.2. The third-order valence-corrected chi connectivity index (χ3v) is 26.1. The number of sulfone groups is 1. The molecule has 12 aromatic rings. The molecule has 0 bridgehead atoms. The van der Waals surface area contributed by atoms with E-state index in [1.807, 2.05) is 123 Å². The molecule has 3 saturated heterocycles. The van der Waals surface area contributed by atoms with Crippen molar-refractivity contribution in [2.24, 2.45) is 0 Å². The van der Waals surface area contributed by atoms with Gasteiger partial charge in [-0.3, -0.25) is 29.3 Å². The smallest absolute Gasteiger partial charge is 0.355 e. The number of pyridine rings is 6. The molecule has 0 aliphatic carbocycles. The number of hydrogen-bond acceptors (Lipinski definition) is 23. The summed E-state index contributed by atoms with van der Waals surface area (Å²) in [4.78, 5) is 133. The van der Waals surface area contributed by atoms with Crippen LogP contribution in [-0.2, 0) is 24.2 Å². The van der Waals surface area contributed by atoms with Crippen LogP contribution >= 0.6 is 46.7 Å². The Morgan fingerprint density at radius 1 is 0.469 bits per heavy atom. The first-order valence-electron chi connectivity index (χ1n) is 41.4. The zero-order valence-electron chi connectivity index (χ0n) is 73.5. The molecule has 666 valence electrons. The highest BCUT2D eigenvalue weighted by Crippen LogP contribution is 2.45. The molecule has 27 nitrogen and oxygen atoms in total. The molecule has 3 fully saturated rings. The molecule has 3 aliphatic heterocycles. The van der Waals surface area contributed by atoms with Crippen LogP contribution < -0.4 is 31.8 Å². The predicted octanol–water partition coefficient (Wildman–Crippen LogP) is 15.8. The summed E-state index contributed by atoms with van der Waals surface area (Å²) in [7, 11) is -4.00. The number of phenolic OH excluding ortho intramolecular Hbond substituents is 1. The van der Waals surface area contributed by atoms with Crippen LogP contribution in [0, 0.1) is 38.2 Å². The number of rotatable bonds is 18. The fourth-order valence-electron chi connectivity index (χ4n) is 16.6. The van der Waals surface area contributed by atoms with Crippen molar-refractivity contribution >= 4 is 125 Å². The molecule has 1 N–H and O–H groups in total. The molecule has 15 rings (SSSR count). The number of piperazine rings is 3. The van der Waals surface area contributed by atoms with Crippen LogP contribution in [0.2, 0.25) is 10.0 Å². The van der Waals surface area contributed by atoms with E-state index < -0.39 is 60.5 Å². The molecule has 35 heteroatoms. The topological polar surface area (TPSA) is 307 Å².